The van der Waals surface area contributed by atoms with Gasteiger partial charge in [0.15, 0.2) is 21.6 Å². The summed E-state index contributed by atoms with van der Waals surface area (Å²) in [6, 6.07) is 13.7. The first kappa shape index (κ1) is 21.7. The highest BCUT2D eigenvalue weighted by molar-refractivity contribution is 7.73. The first-order valence-electron chi connectivity index (χ1n) is 9.10. The van der Waals surface area contributed by atoms with Crippen molar-refractivity contribution in [3.05, 3.63) is 69.2 Å². The zero-order chi connectivity index (χ0) is 21.7. The first-order valence-corrected chi connectivity index (χ1v) is 10.4. The van der Waals surface area contributed by atoms with E-state index < -0.39 is 23.7 Å². The average Bonchev–Trinajstić information content (AvgIpc) is 3.08. The minimum atomic E-state index is -1.01. The maximum atomic E-state index is 13.6. The highest BCUT2D eigenvalue weighted by Gasteiger charge is 2.18. The minimum absolute atomic E-state index is 0.0428. The molecule has 2 aromatic carbocycles. The fraction of sp³-hybridized carbons (Fsp3) is 0.190. The first-order chi connectivity index (χ1) is 14.3. The van der Waals surface area contributed by atoms with Crippen LogP contribution >= 0.6 is 23.6 Å². The van der Waals surface area contributed by atoms with E-state index in [1.165, 1.54) is 36.5 Å². The Morgan fingerprint density at radius 1 is 1.17 bits per heavy atom. The van der Waals surface area contributed by atoms with E-state index in [1.54, 1.807) is 10.6 Å². The number of nitrogens with zero attached hydrogens (tertiary/aromatic N) is 1. The van der Waals surface area contributed by atoms with Gasteiger partial charge in [-0.15, -0.1) is 11.3 Å². The molecule has 0 radical (unpaired) electrons. The van der Waals surface area contributed by atoms with Crippen LogP contribution in [0.25, 0.3) is 11.3 Å². The number of para-hydroxylation sites is 1. The zero-order valence-electron chi connectivity index (χ0n) is 16.3. The Balaban J connectivity index is 1.59. The van der Waals surface area contributed by atoms with Crippen LogP contribution in [-0.2, 0) is 16.1 Å². The Hall–Kier alpha value is -3.04. The second-order valence-electron chi connectivity index (χ2n) is 6.57. The van der Waals surface area contributed by atoms with Crippen LogP contribution < -0.4 is 15.6 Å². The lowest BCUT2D eigenvalue weighted by molar-refractivity contribution is -0.133. The highest BCUT2D eigenvalue weighted by Crippen LogP contribution is 2.24. The molecule has 9 heteroatoms. The lowest BCUT2D eigenvalue weighted by Crippen LogP contribution is -2.48. The molecule has 1 aromatic heterocycles. The summed E-state index contributed by atoms with van der Waals surface area (Å²) in [7, 11) is 0. The molecular weight excluding hydrogens is 425 g/mol. The number of aryl methyl sites for hydroxylation is 1. The second-order valence-corrected chi connectivity index (χ2v) is 8.07. The Morgan fingerprint density at radius 3 is 2.57 bits per heavy atom. The molecule has 1 unspecified atom stereocenters. The third-order valence-electron chi connectivity index (χ3n) is 4.27. The van der Waals surface area contributed by atoms with E-state index in [1.807, 2.05) is 36.6 Å². The number of nitrogens with one attached hydrogen (secondary N) is 2. The number of halogens is 1. The van der Waals surface area contributed by atoms with Crippen LogP contribution in [0.2, 0.25) is 0 Å². The smallest absolute Gasteiger partial charge is 0.279 e. The van der Waals surface area contributed by atoms with Crippen molar-refractivity contribution in [1.29, 1.82) is 0 Å². The van der Waals surface area contributed by atoms with Crippen LogP contribution in [0.3, 0.4) is 0 Å². The predicted molar refractivity (Wildman–Crippen MR) is 116 cm³/mol. The van der Waals surface area contributed by atoms with Crippen molar-refractivity contribution in [3.8, 4) is 17.0 Å². The summed E-state index contributed by atoms with van der Waals surface area (Å²) in [5, 5.41) is 1.89. The van der Waals surface area contributed by atoms with E-state index in [4.69, 9.17) is 17.0 Å². The maximum absolute atomic E-state index is 13.6. The topological polar surface area (TPSA) is 72.4 Å². The van der Waals surface area contributed by atoms with Crippen LogP contribution in [0, 0.1) is 16.7 Å². The zero-order valence-corrected chi connectivity index (χ0v) is 18.0. The van der Waals surface area contributed by atoms with Gasteiger partial charge in [-0.25, -0.2) is 4.39 Å². The number of carbonyl (C=O) groups is 2. The van der Waals surface area contributed by atoms with Crippen LogP contribution in [0.4, 0.5) is 4.39 Å². The van der Waals surface area contributed by atoms with Crippen molar-refractivity contribution in [2.45, 2.75) is 26.5 Å². The fourth-order valence-electron chi connectivity index (χ4n) is 2.63. The van der Waals surface area contributed by atoms with Gasteiger partial charge in [-0.2, -0.15) is 0 Å². The Kier molecular flexibility index (Phi) is 6.96. The third-order valence-corrected chi connectivity index (χ3v) is 5.54. The van der Waals surface area contributed by atoms with Crippen LogP contribution in [0.5, 0.6) is 5.75 Å². The number of aromatic nitrogens is 1. The van der Waals surface area contributed by atoms with Gasteiger partial charge < -0.3 is 9.30 Å². The number of amides is 2. The largest absolute Gasteiger partial charge is 0.478 e. The molecule has 3 aromatic rings. The van der Waals surface area contributed by atoms with E-state index in [-0.39, 0.29) is 12.3 Å². The number of benzene rings is 2. The summed E-state index contributed by atoms with van der Waals surface area (Å²) in [4.78, 5) is 24.5. The molecule has 0 fully saturated rings. The summed E-state index contributed by atoms with van der Waals surface area (Å²) >= 11 is 6.70. The molecule has 30 heavy (non-hydrogen) atoms. The Bertz CT molecular complexity index is 1110. The van der Waals surface area contributed by atoms with E-state index in [2.05, 4.69) is 10.9 Å². The van der Waals surface area contributed by atoms with Gasteiger partial charge in [-0.05, 0) is 43.8 Å². The van der Waals surface area contributed by atoms with E-state index >= 15 is 0 Å². The number of hydrazine groups is 1. The van der Waals surface area contributed by atoms with Crippen LogP contribution in [-0.4, -0.2) is 22.5 Å². The molecule has 0 bridgehead atoms. The number of rotatable bonds is 6. The Labute approximate surface area is 182 Å². The molecule has 1 atom stereocenters. The summed E-state index contributed by atoms with van der Waals surface area (Å²) in [5.74, 6) is -1.68. The van der Waals surface area contributed by atoms with Crippen molar-refractivity contribution in [3.63, 3.8) is 0 Å². The maximum Gasteiger partial charge on any atom is 0.279 e. The quantitative estimate of drug-likeness (QED) is 0.444. The standard InChI is InChI=1S/C21H20FN3O3S2/c1-13-7-9-15(10-8-13)17-12-30-21(29)25(17)11-19(26)23-24-20(27)14(2)28-18-6-4-3-5-16(18)22/h3-10,12,14H,11H2,1-2H3,(H,23,26)(H,24,27). The van der Waals surface area contributed by atoms with Gasteiger partial charge in [-0.1, -0.05) is 42.0 Å². The molecule has 3 rings (SSSR count). The van der Waals surface area contributed by atoms with Gasteiger partial charge in [0.2, 0.25) is 0 Å². The number of carbonyl (C=O) groups excluding carboxylic acids is 2. The monoisotopic (exact) mass is 445 g/mol. The van der Waals surface area contributed by atoms with E-state index in [0.717, 1.165) is 16.8 Å². The molecule has 156 valence electrons. The highest BCUT2D eigenvalue weighted by atomic mass is 32.1. The lowest BCUT2D eigenvalue weighted by Gasteiger charge is -2.16. The van der Waals surface area contributed by atoms with Crippen molar-refractivity contribution in [1.82, 2.24) is 15.4 Å². The second kappa shape index (κ2) is 9.64. The summed E-state index contributed by atoms with van der Waals surface area (Å²) in [6.45, 7) is 3.39. The lowest BCUT2D eigenvalue weighted by atomic mass is 10.1. The SMILES string of the molecule is Cc1ccc(-c2csc(=S)n2CC(=O)NNC(=O)C(C)Oc2ccccc2F)cc1. The predicted octanol–water partition coefficient (Wildman–Crippen LogP) is 4.01. The molecule has 0 saturated heterocycles. The molecular formula is C21H20FN3O3S2. The molecule has 0 spiro atoms. The van der Waals surface area contributed by atoms with Gasteiger partial charge in [0, 0.05) is 5.38 Å². The molecule has 0 aliphatic carbocycles. The van der Waals surface area contributed by atoms with Gasteiger partial charge in [0.05, 0.1) is 5.69 Å². The molecule has 2 amide bonds. The fourth-order valence-corrected chi connectivity index (χ4v) is 3.70. The van der Waals surface area contributed by atoms with E-state index in [0.29, 0.717) is 3.95 Å². The summed E-state index contributed by atoms with van der Waals surface area (Å²) < 4.78 is 21.2. The van der Waals surface area contributed by atoms with Gasteiger partial charge in [0.25, 0.3) is 11.8 Å². The van der Waals surface area contributed by atoms with Crippen molar-refractivity contribution in [2.75, 3.05) is 0 Å². The molecule has 6 nitrogen and oxygen atoms in total. The average molecular weight is 446 g/mol. The third kappa shape index (κ3) is 5.31. The Morgan fingerprint density at radius 2 is 1.87 bits per heavy atom. The number of hydrogen-bond donors (Lipinski definition) is 2. The number of hydrogen-bond acceptors (Lipinski definition) is 5. The molecule has 0 aliphatic heterocycles. The molecule has 0 aliphatic rings. The van der Waals surface area contributed by atoms with Gasteiger partial charge in [0.1, 0.15) is 6.54 Å². The number of thiazole rings is 1. The summed E-state index contributed by atoms with van der Waals surface area (Å²) in [6.07, 6.45) is -1.01. The van der Waals surface area contributed by atoms with Crippen LogP contribution in [0.1, 0.15) is 12.5 Å². The van der Waals surface area contributed by atoms with Crippen molar-refractivity contribution in [2.24, 2.45) is 0 Å². The van der Waals surface area contributed by atoms with Gasteiger partial charge in [-0.3, -0.25) is 20.4 Å². The number of ether oxygens (including phenoxy) is 1. The molecule has 0 saturated carbocycles. The molecule has 1 heterocycles. The van der Waals surface area contributed by atoms with E-state index in [9.17, 15) is 14.0 Å². The van der Waals surface area contributed by atoms with Crippen molar-refractivity contribution < 1.29 is 18.7 Å². The summed E-state index contributed by atoms with van der Waals surface area (Å²) in [5.41, 5.74) is 7.53. The van der Waals surface area contributed by atoms with Gasteiger partial charge >= 0.3 is 0 Å². The molecule has 2 N–H and O–H groups in total. The minimum Gasteiger partial charge on any atom is -0.478 e. The van der Waals surface area contributed by atoms with Crippen LogP contribution in [0.15, 0.2) is 53.9 Å². The normalized spacial score (nSPS) is 11.6. The van der Waals surface area contributed by atoms with Crippen molar-refractivity contribution >= 4 is 35.4 Å².